The van der Waals surface area contributed by atoms with Crippen molar-refractivity contribution in [3.05, 3.63) is 29.8 Å². The average molecular weight is 355 g/mol. The van der Waals surface area contributed by atoms with Crippen LogP contribution in [0.15, 0.2) is 24.3 Å². The van der Waals surface area contributed by atoms with Crippen molar-refractivity contribution in [2.75, 3.05) is 19.7 Å². The van der Waals surface area contributed by atoms with Gasteiger partial charge in [0.1, 0.15) is 5.75 Å². The number of benzene rings is 1. The first-order valence-electron chi connectivity index (χ1n) is 8.88. The summed E-state index contributed by atoms with van der Waals surface area (Å²) in [7, 11) is 0. The molecular formula is C19H31ClN2O2. The van der Waals surface area contributed by atoms with Crippen LogP contribution in [-0.2, 0) is 11.3 Å². The monoisotopic (exact) mass is 354 g/mol. The van der Waals surface area contributed by atoms with Crippen LogP contribution in [0.4, 0.5) is 0 Å². The number of amides is 1. The lowest BCUT2D eigenvalue weighted by atomic mass is 9.84. The number of hydrogen-bond donors (Lipinski definition) is 2. The van der Waals surface area contributed by atoms with E-state index in [4.69, 9.17) is 4.74 Å². The van der Waals surface area contributed by atoms with Gasteiger partial charge in [-0.25, -0.2) is 0 Å². The molecule has 0 aromatic heterocycles. The minimum atomic E-state index is 0. The van der Waals surface area contributed by atoms with Crippen molar-refractivity contribution in [3.8, 4) is 5.75 Å². The lowest BCUT2D eigenvalue weighted by Crippen LogP contribution is -2.33. The molecule has 2 rings (SSSR count). The van der Waals surface area contributed by atoms with E-state index in [1.54, 1.807) is 0 Å². The number of halogens is 1. The average Bonchev–Trinajstić information content (AvgIpc) is 2.59. The third kappa shape index (κ3) is 7.10. The van der Waals surface area contributed by atoms with Gasteiger partial charge < -0.3 is 15.4 Å². The van der Waals surface area contributed by atoms with Gasteiger partial charge in [-0.3, -0.25) is 4.79 Å². The van der Waals surface area contributed by atoms with Gasteiger partial charge in [0, 0.05) is 13.0 Å². The van der Waals surface area contributed by atoms with E-state index in [1.165, 1.54) is 12.8 Å². The van der Waals surface area contributed by atoms with Crippen LogP contribution in [0.3, 0.4) is 0 Å². The molecule has 0 saturated carbocycles. The molecule has 1 aliphatic rings. The SMILES string of the molecule is CCCOc1ccc(CNC(=O)CC(C)C2CCNCC2)cc1.Cl. The van der Waals surface area contributed by atoms with Gasteiger partial charge in [0.15, 0.2) is 0 Å². The summed E-state index contributed by atoms with van der Waals surface area (Å²) in [6.45, 7) is 7.80. The van der Waals surface area contributed by atoms with Gasteiger partial charge in [-0.1, -0.05) is 26.0 Å². The maximum absolute atomic E-state index is 12.1. The van der Waals surface area contributed by atoms with Gasteiger partial charge in [-0.05, 0) is 61.9 Å². The second-order valence-corrected chi connectivity index (χ2v) is 6.54. The fourth-order valence-corrected chi connectivity index (χ4v) is 3.07. The number of hydrogen-bond acceptors (Lipinski definition) is 3. The molecule has 1 amide bonds. The molecule has 0 spiro atoms. The molecule has 1 aromatic rings. The summed E-state index contributed by atoms with van der Waals surface area (Å²) in [6.07, 6.45) is 4.01. The van der Waals surface area contributed by atoms with E-state index in [1.807, 2.05) is 24.3 Å². The Balaban J connectivity index is 0.00000288. The van der Waals surface area contributed by atoms with Gasteiger partial charge >= 0.3 is 0 Å². The van der Waals surface area contributed by atoms with Crippen molar-refractivity contribution < 1.29 is 9.53 Å². The van der Waals surface area contributed by atoms with Gasteiger partial charge in [0.05, 0.1) is 6.61 Å². The molecule has 136 valence electrons. The standard InChI is InChI=1S/C19H30N2O2.ClH/c1-3-12-23-18-6-4-16(5-7-18)14-21-19(22)13-15(2)17-8-10-20-11-9-17;/h4-7,15,17,20H,3,8-14H2,1-2H3,(H,21,22);1H. The summed E-state index contributed by atoms with van der Waals surface area (Å²) >= 11 is 0. The van der Waals surface area contributed by atoms with Crippen LogP contribution in [0.25, 0.3) is 0 Å². The van der Waals surface area contributed by atoms with Crippen molar-refractivity contribution >= 4 is 18.3 Å². The summed E-state index contributed by atoms with van der Waals surface area (Å²) < 4.78 is 5.56. The molecule has 2 N–H and O–H groups in total. The highest BCUT2D eigenvalue weighted by Gasteiger charge is 2.21. The summed E-state index contributed by atoms with van der Waals surface area (Å²) in [5.41, 5.74) is 1.11. The van der Waals surface area contributed by atoms with Gasteiger partial charge in [0.2, 0.25) is 5.91 Å². The smallest absolute Gasteiger partial charge is 0.220 e. The van der Waals surface area contributed by atoms with E-state index in [9.17, 15) is 4.79 Å². The van der Waals surface area contributed by atoms with Crippen LogP contribution in [-0.4, -0.2) is 25.6 Å². The summed E-state index contributed by atoms with van der Waals surface area (Å²) in [6, 6.07) is 7.96. The number of ether oxygens (including phenoxy) is 1. The molecule has 0 bridgehead atoms. The number of piperidine rings is 1. The topological polar surface area (TPSA) is 50.4 Å². The first-order valence-corrected chi connectivity index (χ1v) is 8.88. The molecule has 1 heterocycles. The Morgan fingerprint density at radius 2 is 1.96 bits per heavy atom. The molecule has 0 radical (unpaired) electrons. The zero-order valence-corrected chi connectivity index (χ0v) is 15.7. The molecule has 24 heavy (non-hydrogen) atoms. The number of rotatable bonds is 8. The van der Waals surface area contributed by atoms with Crippen molar-refractivity contribution in [2.45, 2.75) is 46.1 Å². The quantitative estimate of drug-likeness (QED) is 0.750. The highest BCUT2D eigenvalue weighted by Crippen LogP contribution is 2.24. The maximum Gasteiger partial charge on any atom is 0.220 e. The van der Waals surface area contributed by atoms with Crippen molar-refractivity contribution in [3.63, 3.8) is 0 Å². The first kappa shape index (κ1) is 20.8. The Bertz CT molecular complexity index is 473. The summed E-state index contributed by atoms with van der Waals surface area (Å²) in [5, 5.41) is 6.41. The molecule has 1 aliphatic heterocycles. The third-order valence-corrected chi connectivity index (χ3v) is 4.58. The van der Waals surface area contributed by atoms with Crippen LogP contribution in [0.5, 0.6) is 5.75 Å². The molecule has 1 unspecified atom stereocenters. The lowest BCUT2D eigenvalue weighted by Gasteiger charge is -2.27. The number of carbonyl (C=O) groups is 1. The second kappa shape index (κ2) is 11.3. The van der Waals surface area contributed by atoms with E-state index in [-0.39, 0.29) is 18.3 Å². The lowest BCUT2D eigenvalue weighted by molar-refractivity contribution is -0.122. The van der Waals surface area contributed by atoms with Crippen LogP contribution in [0.2, 0.25) is 0 Å². The van der Waals surface area contributed by atoms with Crippen molar-refractivity contribution in [1.29, 1.82) is 0 Å². The number of carbonyl (C=O) groups excluding carboxylic acids is 1. The van der Waals surface area contributed by atoms with Gasteiger partial charge in [-0.15, -0.1) is 12.4 Å². The Kier molecular flexibility index (Phi) is 9.80. The predicted octanol–water partition coefficient (Wildman–Crippen LogP) is 3.54. The molecule has 0 aliphatic carbocycles. The molecule has 5 heteroatoms. The van der Waals surface area contributed by atoms with Crippen LogP contribution >= 0.6 is 12.4 Å². The van der Waals surface area contributed by atoms with Crippen molar-refractivity contribution in [1.82, 2.24) is 10.6 Å². The Morgan fingerprint density at radius 1 is 1.29 bits per heavy atom. The molecule has 1 aromatic carbocycles. The van der Waals surface area contributed by atoms with Gasteiger partial charge in [0.25, 0.3) is 0 Å². The zero-order valence-electron chi connectivity index (χ0n) is 14.8. The summed E-state index contributed by atoms with van der Waals surface area (Å²) in [5.74, 6) is 2.18. The van der Waals surface area contributed by atoms with Crippen LogP contribution < -0.4 is 15.4 Å². The molecule has 1 fully saturated rings. The normalized spacial score (nSPS) is 16.1. The minimum Gasteiger partial charge on any atom is -0.494 e. The third-order valence-electron chi connectivity index (χ3n) is 4.58. The molecule has 4 nitrogen and oxygen atoms in total. The Hall–Kier alpha value is -1.26. The number of nitrogens with one attached hydrogen (secondary N) is 2. The molecular weight excluding hydrogens is 324 g/mol. The summed E-state index contributed by atoms with van der Waals surface area (Å²) in [4.78, 5) is 12.1. The Labute approximate surface area is 152 Å². The highest BCUT2D eigenvalue weighted by atomic mass is 35.5. The molecule has 1 atom stereocenters. The van der Waals surface area contributed by atoms with E-state index in [0.29, 0.717) is 24.8 Å². The van der Waals surface area contributed by atoms with E-state index >= 15 is 0 Å². The van der Waals surface area contributed by atoms with E-state index in [2.05, 4.69) is 24.5 Å². The van der Waals surface area contributed by atoms with Gasteiger partial charge in [-0.2, -0.15) is 0 Å². The predicted molar refractivity (Wildman–Crippen MR) is 101 cm³/mol. The van der Waals surface area contributed by atoms with E-state index in [0.717, 1.165) is 37.4 Å². The van der Waals surface area contributed by atoms with Crippen molar-refractivity contribution in [2.24, 2.45) is 11.8 Å². The first-order chi connectivity index (χ1) is 11.2. The molecule has 1 saturated heterocycles. The van der Waals surface area contributed by atoms with Crippen LogP contribution in [0, 0.1) is 11.8 Å². The highest BCUT2D eigenvalue weighted by molar-refractivity contribution is 5.85. The fraction of sp³-hybridized carbons (Fsp3) is 0.632. The van der Waals surface area contributed by atoms with E-state index < -0.39 is 0 Å². The minimum absolute atomic E-state index is 0. The fourth-order valence-electron chi connectivity index (χ4n) is 3.07. The zero-order chi connectivity index (χ0) is 16.5. The second-order valence-electron chi connectivity index (χ2n) is 6.54. The Morgan fingerprint density at radius 3 is 2.58 bits per heavy atom. The van der Waals surface area contributed by atoms with Crippen LogP contribution in [0.1, 0.15) is 45.1 Å². The maximum atomic E-state index is 12.1. The largest absolute Gasteiger partial charge is 0.494 e.